The predicted molar refractivity (Wildman–Crippen MR) is 108 cm³/mol. The first kappa shape index (κ1) is 19.0. The van der Waals surface area contributed by atoms with E-state index in [-0.39, 0.29) is 23.6 Å². The van der Waals surface area contributed by atoms with Crippen molar-refractivity contribution in [2.24, 2.45) is 0 Å². The lowest BCUT2D eigenvalue weighted by Gasteiger charge is -2.12. The first-order valence-electron chi connectivity index (χ1n) is 8.33. The lowest BCUT2D eigenvalue weighted by Crippen LogP contribution is -2.34. The number of hydrogen-bond donors (Lipinski definition) is 3. The van der Waals surface area contributed by atoms with Crippen LogP contribution >= 0.6 is 23.2 Å². The number of nitrogens with zero attached hydrogens (tertiary/aromatic N) is 2. The van der Waals surface area contributed by atoms with Gasteiger partial charge in [0, 0.05) is 24.2 Å². The van der Waals surface area contributed by atoms with Crippen molar-refractivity contribution in [3.05, 3.63) is 51.9 Å². The second-order valence-corrected chi connectivity index (χ2v) is 6.71. The second-order valence-electron chi connectivity index (χ2n) is 5.90. The monoisotopic (exact) mass is 401 g/mol. The van der Waals surface area contributed by atoms with E-state index in [9.17, 15) is 4.79 Å². The molecular weight excluding hydrogens is 385 g/mol. The molecule has 2 heterocycles. The summed E-state index contributed by atoms with van der Waals surface area (Å²) in [6.45, 7) is 1.98. The minimum Gasteiger partial charge on any atom is -0.382 e. The van der Waals surface area contributed by atoms with Crippen LogP contribution in [0.15, 0.2) is 30.5 Å². The number of aromatic nitrogens is 3. The standard InChI is InChI=1S/C19H17Cl2N5O/c1-2-12(6-3-5-11-9-14(21)17(22)23-10-11)24-19(27)18-25-15-8-4-7-13(20)16(15)26-18/h4,7-10,12H,2,6H2,1H3,(H2,22,23)(H,24,27)(H,25,26)/t12-/m0/s1. The Balaban J connectivity index is 1.67. The van der Waals surface area contributed by atoms with Gasteiger partial charge in [-0.15, -0.1) is 0 Å². The smallest absolute Gasteiger partial charge is 0.287 e. The topological polar surface area (TPSA) is 96.7 Å². The average molecular weight is 402 g/mol. The average Bonchev–Trinajstić information content (AvgIpc) is 3.09. The molecule has 0 saturated heterocycles. The van der Waals surface area contributed by atoms with E-state index >= 15 is 0 Å². The molecule has 0 aliphatic heterocycles. The van der Waals surface area contributed by atoms with Gasteiger partial charge in [-0.25, -0.2) is 9.97 Å². The highest BCUT2D eigenvalue weighted by Gasteiger charge is 2.16. The summed E-state index contributed by atoms with van der Waals surface area (Å²) in [7, 11) is 0. The molecule has 1 aromatic carbocycles. The van der Waals surface area contributed by atoms with Gasteiger partial charge in [0.1, 0.15) is 11.3 Å². The number of carbonyl (C=O) groups is 1. The number of para-hydroxylation sites is 1. The summed E-state index contributed by atoms with van der Waals surface area (Å²) >= 11 is 12.0. The predicted octanol–water partition coefficient (Wildman–Crippen LogP) is 3.80. The van der Waals surface area contributed by atoms with Crippen LogP contribution in [0.1, 0.15) is 35.9 Å². The third-order valence-electron chi connectivity index (χ3n) is 3.96. The molecule has 1 amide bonds. The molecule has 2 aromatic heterocycles. The van der Waals surface area contributed by atoms with Crippen LogP contribution in [0.2, 0.25) is 10.0 Å². The van der Waals surface area contributed by atoms with Crippen molar-refractivity contribution in [2.45, 2.75) is 25.8 Å². The van der Waals surface area contributed by atoms with Crippen LogP contribution in [0.5, 0.6) is 0 Å². The zero-order valence-electron chi connectivity index (χ0n) is 14.5. The Kier molecular flexibility index (Phi) is 5.84. The molecule has 0 saturated carbocycles. The van der Waals surface area contributed by atoms with Crippen LogP contribution in [0.3, 0.4) is 0 Å². The molecule has 0 bridgehead atoms. The van der Waals surface area contributed by atoms with Gasteiger partial charge in [0.2, 0.25) is 0 Å². The maximum Gasteiger partial charge on any atom is 0.287 e. The SMILES string of the molecule is CC[C@@H](CC#Cc1cnc(N)c(Cl)c1)NC(=O)c1nc2c(Cl)cccc2[nH]1. The summed E-state index contributed by atoms with van der Waals surface area (Å²) in [5.74, 6) is 6.20. The number of imidazole rings is 1. The van der Waals surface area contributed by atoms with Gasteiger partial charge in [0.25, 0.3) is 5.91 Å². The number of nitrogen functional groups attached to an aromatic ring is 1. The minimum atomic E-state index is -0.298. The number of nitrogens with one attached hydrogen (secondary N) is 2. The molecule has 0 unspecified atom stereocenters. The first-order valence-corrected chi connectivity index (χ1v) is 9.08. The lowest BCUT2D eigenvalue weighted by atomic mass is 10.1. The number of amides is 1. The van der Waals surface area contributed by atoms with E-state index in [4.69, 9.17) is 28.9 Å². The fourth-order valence-corrected chi connectivity index (χ4v) is 2.83. The molecule has 0 aliphatic carbocycles. The molecule has 3 rings (SSSR count). The second kappa shape index (κ2) is 8.30. The summed E-state index contributed by atoms with van der Waals surface area (Å²) < 4.78 is 0. The first-order chi connectivity index (χ1) is 13.0. The normalized spacial score (nSPS) is 11.7. The summed E-state index contributed by atoms with van der Waals surface area (Å²) in [5.41, 5.74) is 7.54. The molecule has 3 aromatic rings. The van der Waals surface area contributed by atoms with Crippen molar-refractivity contribution in [1.29, 1.82) is 0 Å². The van der Waals surface area contributed by atoms with Gasteiger partial charge in [0.05, 0.1) is 15.6 Å². The van der Waals surface area contributed by atoms with Gasteiger partial charge in [-0.1, -0.05) is 48.0 Å². The lowest BCUT2D eigenvalue weighted by molar-refractivity contribution is 0.0927. The Morgan fingerprint density at radius 2 is 2.19 bits per heavy atom. The number of fused-ring (bicyclic) bond motifs is 1. The minimum absolute atomic E-state index is 0.120. The van der Waals surface area contributed by atoms with Crippen molar-refractivity contribution in [3.63, 3.8) is 0 Å². The summed E-state index contributed by atoms with van der Waals surface area (Å²) in [6, 6.07) is 6.89. The molecular formula is C19H17Cl2N5O. The summed E-state index contributed by atoms with van der Waals surface area (Å²) in [6.07, 6.45) is 2.76. The largest absolute Gasteiger partial charge is 0.382 e. The van der Waals surface area contributed by atoms with Gasteiger partial charge >= 0.3 is 0 Å². The van der Waals surface area contributed by atoms with E-state index in [2.05, 4.69) is 32.1 Å². The number of carbonyl (C=O) groups excluding carboxylic acids is 1. The molecule has 8 heteroatoms. The Morgan fingerprint density at radius 3 is 2.89 bits per heavy atom. The molecule has 1 atom stereocenters. The van der Waals surface area contributed by atoms with Crippen LogP contribution in [-0.4, -0.2) is 26.9 Å². The fraction of sp³-hybridized carbons (Fsp3) is 0.211. The van der Waals surface area contributed by atoms with Crippen molar-refractivity contribution < 1.29 is 4.79 Å². The van der Waals surface area contributed by atoms with Gasteiger partial charge in [-0.2, -0.15) is 0 Å². The third kappa shape index (κ3) is 4.51. The molecule has 6 nitrogen and oxygen atoms in total. The quantitative estimate of drug-likeness (QED) is 0.579. The van der Waals surface area contributed by atoms with Crippen LogP contribution in [0, 0.1) is 11.8 Å². The number of halogens is 2. The number of anilines is 1. The third-order valence-corrected chi connectivity index (χ3v) is 4.57. The van der Waals surface area contributed by atoms with E-state index in [0.717, 1.165) is 6.42 Å². The van der Waals surface area contributed by atoms with Gasteiger partial charge < -0.3 is 16.0 Å². The zero-order valence-corrected chi connectivity index (χ0v) is 16.0. The highest BCUT2D eigenvalue weighted by atomic mass is 35.5. The number of aromatic amines is 1. The number of pyridine rings is 1. The van der Waals surface area contributed by atoms with Crippen LogP contribution in [0.4, 0.5) is 5.82 Å². The van der Waals surface area contributed by atoms with Crippen LogP contribution in [-0.2, 0) is 0 Å². The van der Waals surface area contributed by atoms with E-state index < -0.39 is 0 Å². The Hall–Kier alpha value is -2.75. The van der Waals surface area contributed by atoms with Crippen LogP contribution in [0.25, 0.3) is 11.0 Å². The van der Waals surface area contributed by atoms with E-state index in [1.807, 2.05) is 13.0 Å². The Bertz CT molecular complexity index is 1050. The maximum atomic E-state index is 12.5. The van der Waals surface area contributed by atoms with Gasteiger partial charge in [-0.05, 0) is 24.6 Å². The zero-order chi connectivity index (χ0) is 19.4. The Labute approximate surface area is 166 Å². The number of hydrogen-bond acceptors (Lipinski definition) is 4. The molecule has 0 aliphatic rings. The van der Waals surface area contributed by atoms with Gasteiger partial charge in [-0.3, -0.25) is 4.79 Å². The molecule has 0 spiro atoms. The van der Waals surface area contributed by atoms with E-state index in [1.54, 1.807) is 24.4 Å². The van der Waals surface area contributed by atoms with Crippen molar-refractivity contribution in [2.75, 3.05) is 5.73 Å². The molecule has 4 N–H and O–H groups in total. The highest BCUT2D eigenvalue weighted by Crippen LogP contribution is 2.21. The fourth-order valence-electron chi connectivity index (χ4n) is 2.45. The maximum absolute atomic E-state index is 12.5. The van der Waals surface area contributed by atoms with Crippen molar-refractivity contribution >= 4 is 46.0 Å². The Morgan fingerprint density at radius 1 is 1.37 bits per heavy atom. The summed E-state index contributed by atoms with van der Waals surface area (Å²) in [5, 5.41) is 3.79. The molecule has 0 fully saturated rings. The van der Waals surface area contributed by atoms with E-state index in [0.29, 0.717) is 33.1 Å². The molecule has 27 heavy (non-hydrogen) atoms. The number of H-pyrrole nitrogens is 1. The summed E-state index contributed by atoms with van der Waals surface area (Å²) in [4.78, 5) is 23.7. The molecule has 0 radical (unpaired) electrons. The van der Waals surface area contributed by atoms with Gasteiger partial charge in [0.15, 0.2) is 5.82 Å². The number of benzene rings is 1. The highest BCUT2D eigenvalue weighted by molar-refractivity contribution is 6.35. The van der Waals surface area contributed by atoms with Crippen molar-refractivity contribution in [3.8, 4) is 11.8 Å². The van der Waals surface area contributed by atoms with E-state index in [1.165, 1.54) is 0 Å². The molecule has 138 valence electrons. The van der Waals surface area contributed by atoms with Crippen LogP contribution < -0.4 is 11.1 Å². The number of nitrogens with two attached hydrogens (primary N) is 1. The number of rotatable bonds is 4. The van der Waals surface area contributed by atoms with Crippen molar-refractivity contribution in [1.82, 2.24) is 20.3 Å².